The Kier molecular flexibility index (Phi) is 3.76. The summed E-state index contributed by atoms with van der Waals surface area (Å²) in [7, 11) is 1.58. The highest BCUT2D eigenvalue weighted by Gasteiger charge is 2.15. The Bertz CT molecular complexity index is 873. The van der Waals surface area contributed by atoms with E-state index in [2.05, 4.69) is 10.2 Å². The number of nitrogens with zero attached hydrogens (tertiary/aromatic N) is 3. The number of ether oxygens (including phenoxy) is 1. The average molecular weight is 311 g/mol. The molecule has 0 bridgehead atoms. The van der Waals surface area contributed by atoms with Crippen LogP contribution in [0.15, 0.2) is 46.9 Å². The van der Waals surface area contributed by atoms with Crippen molar-refractivity contribution in [2.75, 3.05) is 7.11 Å². The van der Waals surface area contributed by atoms with Crippen LogP contribution < -0.4 is 4.74 Å². The predicted octanol–water partition coefficient (Wildman–Crippen LogP) is 3.63. The van der Waals surface area contributed by atoms with E-state index in [1.165, 1.54) is 6.07 Å². The van der Waals surface area contributed by atoms with Gasteiger partial charge in [-0.1, -0.05) is 6.07 Å². The van der Waals surface area contributed by atoms with Crippen LogP contribution in [0.1, 0.15) is 5.56 Å². The lowest BCUT2D eigenvalue weighted by Crippen LogP contribution is -1.91. The molecule has 0 aliphatic heterocycles. The standard InChI is InChI=1S/C16H13N3O4/c1-10-8-12(6-7-14(10)19(20)21)16-18-17-15(23-16)11-4-3-5-13(9-11)22-2/h3-9H,1-2H3. The summed E-state index contributed by atoms with van der Waals surface area (Å²) in [6.07, 6.45) is 0. The van der Waals surface area contributed by atoms with Crippen LogP contribution in [0.25, 0.3) is 22.9 Å². The molecular weight excluding hydrogens is 298 g/mol. The summed E-state index contributed by atoms with van der Waals surface area (Å²) in [5.74, 6) is 1.35. The van der Waals surface area contributed by atoms with Crippen molar-refractivity contribution in [2.45, 2.75) is 6.92 Å². The zero-order chi connectivity index (χ0) is 16.4. The van der Waals surface area contributed by atoms with Crippen LogP contribution in [0.4, 0.5) is 5.69 Å². The lowest BCUT2D eigenvalue weighted by atomic mass is 10.1. The molecule has 3 rings (SSSR count). The zero-order valence-corrected chi connectivity index (χ0v) is 12.5. The van der Waals surface area contributed by atoms with E-state index in [1.54, 1.807) is 32.2 Å². The fourth-order valence-corrected chi connectivity index (χ4v) is 2.21. The Hall–Kier alpha value is -3.22. The molecule has 2 aromatic carbocycles. The van der Waals surface area contributed by atoms with Gasteiger partial charge in [0, 0.05) is 22.8 Å². The second kappa shape index (κ2) is 5.88. The quantitative estimate of drug-likeness (QED) is 0.539. The van der Waals surface area contributed by atoms with Gasteiger partial charge in [-0.05, 0) is 37.3 Å². The smallest absolute Gasteiger partial charge is 0.272 e. The molecule has 0 aliphatic rings. The van der Waals surface area contributed by atoms with Crippen LogP contribution in [-0.2, 0) is 0 Å². The van der Waals surface area contributed by atoms with E-state index in [1.807, 2.05) is 18.2 Å². The lowest BCUT2D eigenvalue weighted by Gasteiger charge is -2.01. The SMILES string of the molecule is COc1cccc(-c2nnc(-c3ccc([N+](=O)[O-])c(C)c3)o2)c1. The number of methoxy groups -OCH3 is 1. The summed E-state index contributed by atoms with van der Waals surface area (Å²) in [4.78, 5) is 10.4. The van der Waals surface area contributed by atoms with Crippen molar-refractivity contribution in [2.24, 2.45) is 0 Å². The molecule has 1 heterocycles. The lowest BCUT2D eigenvalue weighted by molar-refractivity contribution is -0.385. The van der Waals surface area contributed by atoms with Gasteiger partial charge >= 0.3 is 0 Å². The van der Waals surface area contributed by atoms with Crippen LogP contribution in [0.5, 0.6) is 5.75 Å². The molecule has 0 fully saturated rings. The number of nitro groups is 1. The molecule has 0 radical (unpaired) electrons. The maximum atomic E-state index is 10.9. The molecule has 0 saturated heterocycles. The minimum absolute atomic E-state index is 0.0567. The van der Waals surface area contributed by atoms with E-state index in [0.717, 1.165) is 5.56 Å². The van der Waals surface area contributed by atoms with Crippen molar-refractivity contribution in [3.8, 4) is 28.7 Å². The molecule has 7 nitrogen and oxygen atoms in total. The van der Waals surface area contributed by atoms with E-state index in [4.69, 9.17) is 9.15 Å². The fourth-order valence-electron chi connectivity index (χ4n) is 2.21. The monoisotopic (exact) mass is 311 g/mol. The molecule has 0 saturated carbocycles. The van der Waals surface area contributed by atoms with Crippen molar-refractivity contribution >= 4 is 5.69 Å². The maximum Gasteiger partial charge on any atom is 0.272 e. The van der Waals surface area contributed by atoms with E-state index in [-0.39, 0.29) is 5.69 Å². The Morgan fingerprint density at radius 1 is 1.09 bits per heavy atom. The number of aryl methyl sites for hydroxylation is 1. The Morgan fingerprint density at radius 2 is 1.78 bits per heavy atom. The number of benzene rings is 2. The van der Waals surface area contributed by atoms with Crippen molar-refractivity contribution in [1.29, 1.82) is 0 Å². The Morgan fingerprint density at radius 3 is 2.39 bits per heavy atom. The second-order valence-corrected chi connectivity index (χ2v) is 4.90. The summed E-state index contributed by atoms with van der Waals surface area (Å²) in [5.41, 5.74) is 1.96. The number of nitro benzene ring substituents is 1. The van der Waals surface area contributed by atoms with Crippen molar-refractivity contribution < 1.29 is 14.1 Å². The number of aromatic nitrogens is 2. The minimum atomic E-state index is -0.422. The van der Waals surface area contributed by atoms with Gasteiger partial charge in [0.05, 0.1) is 12.0 Å². The van der Waals surface area contributed by atoms with E-state index in [0.29, 0.717) is 28.7 Å². The van der Waals surface area contributed by atoms with Crippen molar-refractivity contribution in [3.63, 3.8) is 0 Å². The van der Waals surface area contributed by atoms with Gasteiger partial charge in [0.25, 0.3) is 5.69 Å². The Balaban J connectivity index is 1.95. The van der Waals surface area contributed by atoms with Gasteiger partial charge in [0.1, 0.15) is 5.75 Å². The molecule has 23 heavy (non-hydrogen) atoms. The summed E-state index contributed by atoms with van der Waals surface area (Å²) in [6, 6.07) is 11.9. The predicted molar refractivity (Wildman–Crippen MR) is 83.1 cm³/mol. The molecule has 0 unspecified atom stereocenters. The second-order valence-electron chi connectivity index (χ2n) is 4.90. The van der Waals surface area contributed by atoms with Gasteiger partial charge in [-0.2, -0.15) is 0 Å². The number of rotatable bonds is 4. The molecule has 0 spiro atoms. The number of hydrogen-bond donors (Lipinski definition) is 0. The van der Waals surface area contributed by atoms with Crippen LogP contribution >= 0.6 is 0 Å². The third-order valence-electron chi connectivity index (χ3n) is 3.38. The van der Waals surface area contributed by atoms with Gasteiger partial charge < -0.3 is 9.15 Å². The molecule has 0 N–H and O–H groups in total. The highest BCUT2D eigenvalue weighted by Crippen LogP contribution is 2.28. The van der Waals surface area contributed by atoms with E-state index in [9.17, 15) is 10.1 Å². The highest BCUT2D eigenvalue weighted by molar-refractivity contribution is 5.61. The minimum Gasteiger partial charge on any atom is -0.497 e. The molecular formula is C16H13N3O4. The van der Waals surface area contributed by atoms with Gasteiger partial charge in [0.2, 0.25) is 11.8 Å². The molecule has 1 aromatic heterocycles. The summed E-state index contributed by atoms with van der Waals surface area (Å²) in [5, 5.41) is 18.9. The first-order valence-electron chi connectivity index (χ1n) is 6.82. The highest BCUT2D eigenvalue weighted by atomic mass is 16.6. The van der Waals surface area contributed by atoms with Gasteiger partial charge in [-0.3, -0.25) is 10.1 Å². The molecule has 3 aromatic rings. The summed E-state index contributed by atoms with van der Waals surface area (Å²) >= 11 is 0. The third kappa shape index (κ3) is 2.89. The van der Waals surface area contributed by atoms with Gasteiger partial charge in [0.15, 0.2) is 0 Å². The largest absolute Gasteiger partial charge is 0.497 e. The first-order valence-corrected chi connectivity index (χ1v) is 6.82. The van der Waals surface area contributed by atoms with E-state index < -0.39 is 4.92 Å². The van der Waals surface area contributed by atoms with E-state index >= 15 is 0 Å². The van der Waals surface area contributed by atoms with Crippen LogP contribution in [0.3, 0.4) is 0 Å². The first-order chi connectivity index (χ1) is 11.1. The molecule has 0 aliphatic carbocycles. The molecule has 0 amide bonds. The fraction of sp³-hybridized carbons (Fsp3) is 0.125. The van der Waals surface area contributed by atoms with Crippen LogP contribution in [0.2, 0.25) is 0 Å². The molecule has 0 atom stereocenters. The van der Waals surface area contributed by atoms with Crippen LogP contribution in [-0.4, -0.2) is 22.2 Å². The zero-order valence-electron chi connectivity index (χ0n) is 12.5. The first kappa shape index (κ1) is 14.7. The molecule has 116 valence electrons. The van der Waals surface area contributed by atoms with Gasteiger partial charge in [-0.15, -0.1) is 10.2 Å². The maximum absolute atomic E-state index is 10.9. The average Bonchev–Trinajstić information content (AvgIpc) is 3.04. The normalized spacial score (nSPS) is 10.5. The van der Waals surface area contributed by atoms with Crippen LogP contribution in [0, 0.1) is 17.0 Å². The number of hydrogen-bond acceptors (Lipinski definition) is 6. The third-order valence-corrected chi connectivity index (χ3v) is 3.38. The Labute approximate surface area is 131 Å². The molecule has 7 heteroatoms. The van der Waals surface area contributed by atoms with Gasteiger partial charge in [-0.25, -0.2) is 0 Å². The summed E-state index contributed by atoms with van der Waals surface area (Å²) in [6.45, 7) is 1.67. The topological polar surface area (TPSA) is 91.3 Å². The van der Waals surface area contributed by atoms with Crippen molar-refractivity contribution in [3.05, 3.63) is 58.1 Å². The summed E-state index contributed by atoms with van der Waals surface area (Å²) < 4.78 is 10.8. The van der Waals surface area contributed by atoms with Crippen molar-refractivity contribution in [1.82, 2.24) is 10.2 Å².